The first-order valence-electron chi connectivity index (χ1n) is 8.07. The van der Waals surface area contributed by atoms with Crippen LogP contribution in [0.2, 0.25) is 0 Å². The zero-order valence-corrected chi connectivity index (χ0v) is 14.3. The standard InChI is InChI=1S/C18H17N3O3S/c22-16-7-13-6-12(8-19-18(13)20-16)3-4-17(23)21-9-14(10-21)24-11-15-2-1-5-25-15/h1-6,8,14H,7,9-11H2,(H,19,20,22)/b4-3+. The number of likely N-dealkylation sites (tertiary alicyclic amines) is 1. The third-order valence-electron chi connectivity index (χ3n) is 4.22. The van der Waals surface area contributed by atoms with Gasteiger partial charge in [-0.25, -0.2) is 4.98 Å². The molecule has 0 atom stereocenters. The maximum absolute atomic E-state index is 12.2. The van der Waals surface area contributed by atoms with Gasteiger partial charge in [0.15, 0.2) is 0 Å². The van der Waals surface area contributed by atoms with E-state index in [4.69, 9.17) is 4.74 Å². The van der Waals surface area contributed by atoms with E-state index < -0.39 is 0 Å². The number of fused-ring (bicyclic) bond motifs is 1. The maximum Gasteiger partial charge on any atom is 0.246 e. The molecule has 0 saturated carbocycles. The highest BCUT2D eigenvalue weighted by Gasteiger charge is 2.30. The molecule has 2 aromatic heterocycles. The SMILES string of the molecule is O=C1Cc2cc(/C=C/C(=O)N3CC(OCc4cccs4)C3)cnc2N1. The lowest BCUT2D eigenvalue weighted by molar-refractivity contribution is -0.140. The number of rotatable bonds is 5. The molecule has 2 aliphatic rings. The van der Waals surface area contributed by atoms with Crippen molar-refractivity contribution in [1.29, 1.82) is 0 Å². The average Bonchev–Trinajstić information content (AvgIpc) is 3.19. The first-order chi connectivity index (χ1) is 12.2. The van der Waals surface area contributed by atoms with Gasteiger partial charge in [0, 0.05) is 35.8 Å². The molecular weight excluding hydrogens is 338 g/mol. The monoisotopic (exact) mass is 355 g/mol. The molecule has 0 bridgehead atoms. The third kappa shape index (κ3) is 3.62. The Morgan fingerprint density at radius 1 is 1.48 bits per heavy atom. The van der Waals surface area contributed by atoms with Gasteiger partial charge in [-0.15, -0.1) is 11.3 Å². The third-order valence-corrected chi connectivity index (χ3v) is 5.07. The Balaban J connectivity index is 1.26. The number of nitrogens with one attached hydrogen (secondary N) is 1. The largest absolute Gasteiger partial charge is 0.369 e. The molecule has 1 N–H and O–H groups in total. The van der Waals surface area contributed by atoms with Crippen LogP contribution in [0.3, 0.4) is 0 Å². The van der Waals surface area contributed by atoms with Crippen molar-refractivity contribution < 1.29 is 14.3 Å². The Kier molecular flexibility index (Phi) is 4.33. The summed E-state index contributed by atoms with van der Waals surface area (Å²) in [6.45, 7) is 1.85. The first kappa shape index (κ1) is 16.0. The number of hydrogen-bond acceptors (Lipinski definition) is 5. The van der Waals surface area contributed by atoms with Gasteiger partial charge in [0.1, 0.15) is 5.82 Å². The fourth-order valence-electron chi connectivity index (χ4n) is 2.81. The number of aromatic nitrogens is 1. The zero-order chi connectivity index (χ0) is 17.2. The van der Waals surface area contributed by atoms with Crippen LogP contribution in [0.1, 0.15) is 16.0 Å². The highest BCUT2D eigenvalue weighted by atomic mass is 32.1. The van der Waals surface area contributed by atoms with E-state index in [0.29, 0.717) is 31.9 Å². The van der Waals surface area contributed by atoms with Crippen molar-refractivity contribution in [3.63, 3.8) is 0 Å². The molecule has 0 radical (unpaired) electrons. The summed E-state index contributed by atoms with van der Waals surface area (Å²) in [4.78, 5) is 30.6. The smallest absolute Gasteiger partial charge is 0.246 e. The zero-order valence-electron chi connectivity index (χ0n) is 13.5. The molecule has 4 rings (SSSR count). The lowest BCUT2D eigenvalue weighted by Gasteiger charge is -2.38. The van der Waals surface area contributed by atoms with Gasteiger partial charge in [0.2, 0.25) is 11.8 Å². The summed E-state index contributed by atoms with van der Waals surface area (Å²) < 4.78 is 5.77. The minimum Gasteiger partial charge on any atom is -0.369 e. The van der Waals surface area contributed by atoms with Crippen molar-refractivity contribution in [2.45, 2.75) is 19.1 Å². The molecule has 2 aromatic rings. The number of thiophene rings is 1. The topological polar surface area (TPSA) is 71.5 Å². The summed E-state index contributed by atoms with van der Waals surface area (Å²) in [5, 5.41) is 4.72. The molecular formula is C18H17N3O3S. The van der Waals surface area contributed by atoms with E-state index in [9.17, 15) is 9.59 Å². The molecule has 1 saturated heterocycles. The lowest BCUT2D eigenvalue weighted by Crippen LogP contribution is -2.54. The van der Waals surface area contributed by atoms with E-state index in [0.717, 1.165) is 11.1 Å². The van der Waals surface area contributed by atoms with Crippen molar-refractivity contribution in [3.8, 4) is 0 Å². The van der Waals surface area contributed by atoms with Gasteiger partial charge in [-0.1, -0.05) is 6.07 Å². The summed E-state index contributed by atoms with van der Waals surface area (Å²) in [6, 6.07) is 5.93. The Labute approximate surface area is 149 Å². The number of nitrogens with zero attached hydrogens (tertiary/aromatic N) is 2. The average molecular weight is 355 g/mol. The van der Waals surface area contributed by atoms with Gasteiger partial charge >= 0.3 is 0 Å². The highest BCUT2D eigenvalue weighted by molar-refractivity contribution is 7.09. The van der Waals surface area contributed by atoms with Crippen molar-refractivity contribution in [1.82, 2.24) is 9.88 Å². The quantitative estimate of drug-likeness (QED) is 0.834. The minimum atomic E-state index is -0.0473. The summed E-state index contributed by atoms with van der Waals surface area (Å²) in [5.41, 5.74) is 1.68. The fourth-order valence-corrected chi connectivity index (χ4v) is 3.43. The second kappa shape index (κ2) is 6.78. The van der Waals surface area contributed by atoms with E-state index in [-0.39, 0.29) is 17.9 Å². The fraction of sp³-hybridized carbons (Fsp3) is 0.278. The Morgan fingerprint density at radius 3 is 3.16 bits per heavy atom. The van der Waals surface area contributed by atoms with Crippen LogP contribution >= 0.6 is 11.3 Å². The van der Waals surface area contributed by atoms with E-state index in [1.165, 1.54) is 4.88 Å². The second-order valence-corrected chi connectivity index (χ2v) is 7.12. The second-order valence-electron chi connectivity index (χ2n) is 6.09. The molecule has 128 valence electrons. The van der Waals surface area contributed by atoms with E-state index in [1.807, 2.05) is 23.6 Å². The Bertz CT molecular complexity index is 826. The van der Waals surface area contributed by atoms with Crippen LogP contribution in [-0.4, -0.2) is 40.9 Å². The van der Waals surface area contributed by atoms with Crippen LogP contribution in [0.5, 0.6) is 0 Å². The van der Waals surface area contributed by atoms with E-state index in [1.54, 1.807) is 34.6 Å². The van der Waals surface area contributed by atoms with Crippen LogP contribution in [-0.2, 0) is 27.4 Å². The van der Waals surface area contributed by atoms with Crippen LogP contribution in [0.4, 0.5) is 5.82 Å². The summed E-state index contributed by atoms with van der Waals surface area (Å²) in [5.74, 6) is 0.529. The summed E-state index contributed by atoms with van der Waals surface area (Å²) in [6.07, 6.45) is 5.38. The summed E-state index contributed by atoms with van der Waals surface area (Å²) in [7, 11) is 0. The number of anilines is 1. The predicted molar refractivity (Wildman–Crippen MR) is 95.1 cm³/mol. The number of pyridine rings is 1. The first-order valence-corrected chi connectivity index (χ1v) is 8.95. The molecule has 4 heterocycles. The van der Waals surface area contributed by atoms with Crippen LogP contribution in [0.25, 0.3) is 6.08 Å². The van der Waals surface area contributed by atoms with Gasteiger partial charge < -0.3 is 15.0 Å². The van der Waals surface area contributed by atoms with Crippen LogP contribution < -0.4 is 5.32 Å². The Morgan fingerprint density at radius 2 is 2.36 bits per heavy atom. The highest BCUT2D eigenvalue weighted by Crippen LogP contribution is 2.22. The van der Waals surface area contributed by atoms with Gasteiger partial charge in [-0.05, 0) is 29.2 Å². The van der Waals surface area contributed by atoms with Crippen molar-refractivity contribution in [2.75, 3.05) is 18.4 Å². The molecule has 0 aliphatic carbocycles. The number of hydrogen-bond donors (Lipinski definition) is 1. The summed E-state index contributed by atoms with van der Waals surface area (Å²) >= 11 is 1.67. The molecule has 0 unspecified atom stereocenters. The number of carbonyl (C=O) groups excluding carboxylic acids is 2. The minimum absolute atomic E-state index is 0.0364. The lowest BCUT2D eigenvalue weighted by atomic mass is 10.1. The van der Waals surface area contributed by atoms with Gasteiger partial charge in [-0.3, -0.25) is 9.59 Å². The molecule has 0 spiro atoms. The van der Waals surface area contributed by atoms with Crippen molar-refractivity contribution in [3.05, 3.63) is 51.9 Å². The van der Waals surface area contributed by atoms with Gasteiger partial charge in [-0.2, -0.15) is 0 Å². The Hall–Kier alpha value is -2.51. The normalized spacial score (nSPS) is 16.8. The van der Waals surface area contributed by atoms with E-state index >= 15 is 0 Å². The predicted octanol–water partition coefficient (Wildman–Crippen LogP) is 2.08. The molecule has 2 amide bonds. The number of ether oxygens (including phenoxy) is 1. The van der Waals surface area contributed by atoms with Crippen molar-refractivity contribution in [2.24, 2.45) is 0 Å². The van der Waals surface area contributed by atoms with Crippen LogP contribution in [0.15, 0.2) is 35.9 Å². The number of carbonyl (C=O) groups is 2. The molecule has 6 nitrogen and oxygen atoms in total. The molecule has 7 heteroatoms. The molecule has 2 aliphatic heterocycles. The van der Waals surface area contributed by atoms with Crippen LogP contribution in [0, 0.1) is 0 Å². The van der Waals surface area contributed by atoms with Gasteiger partial charge in [0.25, 0.3) is 0 Å². The number of amides is 2. The van der Waals surface area contributed by atoms with E-state index in [2.05, 4.69) is 10.3 Å². The molecule has 25 heavy (non-hydrogen) atoms. The van der Waals surface area contributed by atoms with Gasteiger partial charge in [0.05, 0.1) is 19.1 Å². The van der Waals surface area contributed by atoms with Crippen molar-refractivity contribution >= 4 is 35.0 Å². The molecule has 1 fully saturated rings. The molecule has 0 aromatic carbocycles. The maximum atomic E-state index is 12.2.